The van der Waals surface area contributed by atoms with Gasteiger partial charge < -0.3 is 9.47 Å². The number of aryl methyl sites for hydroxylation is 1. The number of hydrogen-bond acceptors (Lipinski definition) is 4. The zero-order valence-electron chi connectivity index (χ0n) is 12.2. The molecule has 106 valence electrons. The van der Waals surface area contributed by atoms with Gasteiger partial charge in [0.05, 0.1) is 6.54 Å². The van der Waals surface area contributed by atoms with Gasteiger partial charge in [-0.2, -0.15) is 0 Å². The minimum Gasteiger partial charge on any atom is -0.347 e. The molecule has 1 aromatic rings. The summed E-state index contributed by atoms with van der Waals surface area (Å²) in [4.78, 5) is 22.6. The minimum atomic E-state index is -0.0518. The summed E-state index contributed by atoms with van der Waals surface area (Å²) in [7, 11) is 7.65. The van der Waals surface area contributed by atoms with E-state index in [0.29, 0.717) is 0 Å². The summed E-state index contributed by atoms with van der Waals surface area (Å²) in [5, 5.41) is 0. The molecule has 19 heavy (non-hydrogen) atoms. The van der Waals surface area contributed by atoms with E-state index in [1.807, 2.05) is 45.2 Å². The third-order valence-electron chi connectivity index (χ3n) is 3.74. The smallest absolute Gasteiger partial charge is 0.240 e. The van der Waals surface area contributed by atoms with Crippen LogP contribution in [-0.4, -0.2) is 77.0 Å². The number of likely N-dealkylation sites (N-methyl/N-ethyl adjacent to an activating group) is 2. The van der Waals surface area contributed by atoms with E-state index >= 15 is 0 Å². The van der Waals surface area contributed by atoms with Crippen LogP contribution in [0, 0.1) is 0 Å². The molecule has 0 radical (unpaired) electrons. The number of carbonyl (C=O) groups excluding carboxylic acids is 1. The van der Waals surface area contributed by atoms with E-state index in [1.165, 1.54) is 0 Å². The summed E-state index contributed by atoms with van der Waals surface area (Å²) < 4.78 is 2.03. The van der Waals surface area contributed by atoms with Crippen LogP contribution >= 0.6 is 0 Å². The highest BCUT2D eigenvalue weighted by molar-refractivity contribution is 5.81. The fourth-order valence-electron chi connectivity index (χ4n) is 2.39. The number of piperazine rings is 1. The summed E-state index contributed by atoms with van der Waals surface area (Å²) in [6.07, 6.45) is 3.77. The molecule has 1 aliphatic rings. The van der Waals surface area contributed by atoms with Crippen molar-refractivity contribution in [2.45, 2.75) is 12.6 Å². The molecule has 2 rings (SSSR count). The number of amides is 1. The van der Waals surface area contributed by atoms with Gasteiger partial charge in [-0.1, -0.05) is 0 Å². The second-order valence-electron chi connectivity index (χ2n) is 5.42. The topological polar surface area (TPSA) is 44.6 Å². The maximum atomic E-state index is 12.2. The summed E-state index contributed by atoms with van der Waals surface area (Å²) in [5.41, 5.74) is 0. The van der Waals surface area contributed by atoms with Crippen molar-refractivity contribution in [2.75, 3.05) is 40.8 Å². The fourth-order valence-corrected chi connectivity index (χ4v) is 2.39. The molecule has 0 saturated carbocycles. The molecule has 1 fully saturated rings. The zero-order chi connectivity index (χ0) is 14.0. The fraction of sp³-hybridized carbons (Fsp3) is 0.692. The average molecular weight is 265 g/mol. The third-order valence-corrected chi connectivity index (χ3v) is 3.74. The largest absolute Gasteiger partial charge is 0.347 e. The van der Waals surface area contributed by atoms with Crippen molar-refractivity contribution < 1.29 is 4.79 Å². The SMILES string of the molecule is CN(C)C(=O)[C@@H]1CN(Cc2nccn2C)CCN1C. The predicted molar refractivity (Wildman–Crippen MR) is 73.6 cm³/mol. The van der Waals surface area contributed by atoms with Crippen LogP contribution in [-0.2, 0) is 18.4 Å². The first-order chi connectivity index (χ1) is 8.99. The van der Waals surface area contributed by atoms with Crippen LogP contribution in [0.4, 0.5) is 0 Å². The van der Waals surface area contributed by atoms with E-state index in [4.69, 9.17) is 0 Å². The Bertz CT molecular complexity index is 442. The Morgan fingerprint density at radius 2 is 2.16 bits per heavy atom. The normalized spacial score (nSPS) is 21.6. The molecule has 2 heterocycles. The molecule has 0 aromatic carbocycles. The first-order valence-corrected chi connectivity index (χ1v) is 6.59. The van der Waals surface area contributed by atoms with Crippen LogP contribution < -0.4 is 0 Å². The number of imidazole rings is 1. The van der Waals surface area contributed by atoms with Crippen LogP contribution in [0.1, 0.15) is 5.82 Å². The van der Waals surface area contributed by atoms with Gasteiger partial charge in [0, 0.05) is 53.2 Å². The van der Waals surface area contributed by atoms with E-state index in [1.54, 1.807) is 4.90 Å². The van der Waals surface area contributed by atoms with Crippen LogP contribution in [0.5, 0.6) is 0 Å². The first kappa shape index (κ1) is 14.0. The van der Waals surface area contributed by atoms with Gasteiger partial charge >= 0.3 is 0 Å². The second kappa shape index (κ2) is 5.71. The van der Waals surface area contributed by atoms with Crippen molar-refractivity contribution in [1.82, 2.24) is 24.3 Å². The lowest BCUT2D eigenvalue weighted by molar-refractivity contribution is -0.136. The third kappa shape index (κ3) is 3.13. The Balaban J connectivity index is 2.01. The number of nitrogens with zero attached hydrogens (tertiary/aromatic N) is 5. The Morgan fingerprint density at radius 1 is 1.42 bits per heavy atom. The molecule has 1 amide bonds. The van der Waals surface area contributed by atoms with Crippen LogP contribution in [0.2, 0.25) is 0 Å². The molecule has 0 N–H and O–H groups in total. The molecule has 1 aliphatic heterocycles. The number of hydrogen-bond donors (Lipinski definition) is 0. The highest BCUT2D eigenvalue weighted by Crippen LogP contribution is 2.12. The van der Waals surface area contributed by atoms with E-state index in [2.05, 4.69) is 14.8 Å². The monoisotopic (exact) mass is 265 g/mol. The summed E-state index contributed by atoms with van der Waals surface area (Å²) >= 11 is 0. The van der Waals surface area contributed by atoms with Gasteiger partial charge in [0.1, 0.15) is 11.9 Å². The Kier molecular flexibility index (Phi) is 4.21. The molecule has 0 aliphatic carbocycles. The van der Waals surface area contributed by atoms with Crippen molar-refractivity contribution in [2.24, 2.45) is 7.05 Å². The lowest BCUT2D eigenvalue weighted by atomic mass is 10.1. The molecule has 0 unspecified atom stereocenters. The van der Waals surface area contributed by atoms with Gasteiger partial charge in [0.2, 0.25) is 5.91 Å². The number of rotatable bonds is 3. The second-order valence-corrected chi connectivity index (χ2v) is 5.42. The molecule has 6 nitrogen and oxygen atoms in total. The standard InChI is InChI=1S/C13H23N5O/c1-15(2)13(19)11-9-18(8-7-16(11)3)10-12-14-5-6-17(12)4/h5-6,11H,7-10H2,1-4H3/t11-/m0/s1. The highest BCUT2D eigenvalue weighted by atomic mass is 16.2. The van der Waals surface area contributed by atoms with Crippen LogP contribution in [0.3, 0.4) is 0 Å². The summed E-state index contributed by atoms with van der Waals surface area (Å²) in [6.45, 7) is 3.45. The van der Waals surface area contributed by atoms with Gasteiger partial charge in [-0.25, -0.2) is 4.98 Å². The number of aromatic nitrogens is 2. The van der Waals surface area contributed by atoms with Gasteiger partial charge in [-0.15, -0.1) is 0 Å². The van der Waals surface area contributed by atoms with Crippen molar-refractivity contribution in [3.05, 3.63) is 18.2 Å². The zero-order valence-corrected chi connectivity index (χ0v) is 12.2. The molecule has 1 aromatic heterocycles. The summed E-state index contributed by atoms with van der Waals surface area (Å²) in [6, 6.07) is -0.0518. The predicted octanol–water partition coefficient (Wildman–Crippen LogP) is -0.376. The van der Waals surface area contributed by atoms with Crippen molar-refractivity contribution in [1.29, 1.82) is 0 Å². The lowest BCUT2D eigenvalue weighted by Crippen LogP contribution is -2.57. The molecular formula is C13H23N5O. The van der Waals surface area contributed by atoms with Crippen molar-refractivity contribution >= 4 is 5.91 Å². The molecular weight excluding hydrogens is 242 g/mol. The van der Waals surface area contributed by atoms with Crippen molar-refractivity contribution in [3.8, 4) is 0 Å². The lowest BCUT2D eigenvalue weighted by Gasteiger charge is -2.39. The highest BCUT2D eigenvalue weighted by Gasteiger charge is 2.31. The molecule has 0 spiro atoms. The van der Waals surface area contributed by atoms with Gasteiger partial charge in [-0.05, 0) is 7.05 Å². The molecule has 0 bridgehead atoms. The Labute approximate surface area is 114 Å². The Morgan fingerprint density at radius 3 is 2.74 bits per heavy atom. The Hall–Kier alpha value is -1.40. The van der Waals surface area contributed by atoms with Crippen molar-refractivity contribution in [3.63, 3.8) is 0 Å². The minimum absolute atomic E-state index is 0.0518. The summed E-state index contributed by atoms with van der Waals surface area (Å²) in [5.74, 6) is 1.22. The molecule has 1 atom stereocenters. The van der Waals surface area contributed by atoms with Crippen LogP contribution in [0.25, 0.3) is 0 Å². The first-order valence-electron chi connectivity index (χ1n) is 6.59. The average Bonchev–Trinajstić information content (AvgIpc) is 2.76. The van der Waals surface area contributed by atoms with E-state index < -0.39 is 0 Å². The molecule has 1 saturated heterocycles. The van der Waals surface area contributed by atoms with Gasteiger partial charge in [0.15, 0.2) is 0 Å². The van der Waals surface area contributed by atoms with E-state index in [0.717, 1.165) is 32.0 Å². The number of carbonyl (C=O) groups is 1. The van der Waals surface area contributed by atoms with Crippen LogP contribution in [0.15, 0.2) is 12.4 Å². The van der Waals surface area contributed by atoms with E-state index in [9.17, 15) is 4.79 Å². The molecule has 6 heteroatoms. The maximum absolute atomic E-state index is 12.2. The quantitative estimate of drug-likeness (QED) is 0.748. The van der Waals surface area contributed by atoms with Gasteiger partial charge in [-0.3, -0.25) is 14.6 Å². The van der Waals surface area contributed by atoms with Gasteiger partial charge in [0.25, 0.3) is 0 Å². The maximum Gasteiger partial charge on any atom is 0.240 e. The van der Waals surface area contributed by atoms with E-state index in [-0.39, 0.29) is 11.9 Å².